The molecular weight excluding hydrogens is 330 g/mol. The Balaban J connectivity index is 1.95. The molecular formula is C20H25N3O3. The molecule has 0 spiro atoms. The lowest BCUT2D eigenvalue weighted by Crippen LogP contribution is -2.40. The predicted molar refractivity (Wildman–Crippen MR) is 100 cm³/mol. The van der Waals surface area contributed by atoms with E-state index in [0.29, 0.717) is 24.1 Å². The van der Waals surface area contributed by atoms with Crippen molar-refractivity contribution in [2.75, 3.05) is 13.7 Å². The van der Waals surface area contributed by atoms with Crippen LogP contribution >= 0.6 is 0 Å². The van der Waals surface area contributed by atoms with Crippen LogP contribution in [0.25, 0.3) is 0 Å². The molecule has 2 N–H and O–H groups in total. The molecule has 0 unspecified atom stereocenters. The van der Waals surface area contributed by atoms with Gasteiger partial charge in [-0.25, -0.2) is 0 Å². The highest BCUT2D eigenvalue weighted by Crippen LogP contribution is 2.12. The minimum absolute atomic E-state index is 0.254. The van der Waals surface area contributed by atoms with Crippen molar-refractivity contribution in [1.29, 1.82) is 0 Å². The Morgan fingerprint density at radius 1 is 1.08 bits per heavy atom. The molecule has 1 aromatic heterocycles. The predicted octanol–water partition coefficient (Wildman–Crippen LogP) is 2.59. The normalized spacial score (nSPS) is 10.9. The minimum atomic E-state index is -0.355. The minimum Gasteiger partial charge on any atom is -0.497 e. The lowest BCUT2D eigenvalue weighted by atomic mass is 10.1. The number of nitrogens with zero attached hydrogens (tertiary/aromatic N) is 1. The third-order valence-corrected chi connectivity index (χ3v) is 3.58. The van der Waals surface area contributed by atoms with Crippen LogP contribution in [0.3, 0.4) is 0 Å². The van der Waals surface area contributed by atoms with Crippen molar-refractivity contribution in [3.8, 4) is 5.75 Å². The van der Waals surface area contributed by atoms with Gasteiger partial charge in [-0.3, -0.25) is 14.6 Å². The van der Waals surface area contributed by atoms with Crippen LogP contribution in [0.5, 0.6) is 5.75 Å². The fraction of sp³-hybridized carbons (Fsp3) is 0.350. The Hall–Kier alpha value is -2.89. The third-order valence-electron chi connectivity index (χ3n) is 3.58. The average Bonchev–Trinajstić information content (AvgIpc) is 2.60. The number of hydrogen-bond acceptors (Lipinski definition) is 4. The highest BCUT2D eigenvalue weighted by molar-refractivity contribution is 5.99. The first-order valence-electron chi connectivity index (χ1n) is 8.47. The molecule has 26 heavy (non-hydrogen) atoms. The number of ether oxygens (including phenoxy) is 1. The first kappa shape index (κ1) is 19.4. The third kappa shape index (κ3) is 5.88. The Bertz CT molecular complexity index is 782. The summed E-state index contributed by atoms with van der Waals surface area (Å²) in [6, 6.07) is 9.26. The van der Waals surface area contributed by atoms with Crippen LogP contribution in [0.15, 0.2) is 42.7 Å². The second-order valence-electron chi connectivity index (χ2n) is 7.02. The van der Waals surface area contributed by atoms with Crippen molar-refractivity contribution in [1.82, 2.24) is 15.6 Å². The SMILES string of the molecule is COc1cccc(CCNC(=O)c2cncc(C(=O)NC(C)(C)C)c2)c1. The molecule has 0 saturated heterocycles. The summed E-state index contributed by atoms with van der Waals surface area (Å²) in [6.45, 7) is 6.17. The van der Waals surface area contributed by atoms with E-state index in [1.165, 1.54) is 12.4 Å². The summed E-state index contributed by atoms with van der Waals surface area (Å²) in [5, 5.41) is 5.70. The maximum Gasteiger partial charge on any atom is 0.253 e. The van der Waals surface area contributed by atoms with Gasteiger partial charge in [-0.2, -0.15) is 0 Å². The highest BCUT2D eigenvalue weighted by atomic mass is 16.5. The van der Waals surface area contributed by atoms with Crippen molar-refractivity contribution >= 4 is 11.8 Å². The maximum atomic E-state index is 12.3. The molecule has 0 saturated carbocycles. The molecule has 138 valence electrons. The van der Waals surface area contributed by atoms with Crippen molar-refractivity contribution in [3.05, 3.63) is 59.4 Å². The number of hydrogen-bond donors (Lipinski definition) is 2. The van der Waals surface area contributed by atoms with Gasteiger partial charge >= 0.3 is 0 Å². The van der Waals surface area contributed by atoms with Crippen LogP contribution in [0.2, 0.25) is 0 Å². The van der Waals surface area contributed by atoms with Gasteiger partial charge in [0, 0.05) is 24.5 Å². The van der Waals surface area contributed by atoms with E-state index < -0.39 is 0 Å². The smallest absolute Gasteiger partial charge is 0.253 e. The molecule has 0 aliphatic rings. The van der Waals surface area contributed by atoms with Gasteiger partial charge in [0.05, 0.1) is 18.2 Å². The molecule has 2 amide bonds. The van der Waals surface area contributed by atoms with Crippen LogP contribution in [-0.4, -0.2) is 36.0 Å². The van der Waals surface area contributed by atoms with Crippen molar-refractivity contribution in [3.63, 3.8) is 0 Å². The Morgan fingerprint density at radius 3 is 2.42 bits per heavy atom. The molecule has 2 rings (SSSR count). The summed E-state index contributed by atoms with van der Waals surface area (Å²) in [7, 11) is 1.62. The van der Waals surface area contributed by atoms with Gasteiger partial charge in [-0.15, -0.1) is 0 Å². The molecule has 0 bridgehead atoms. The van der Waals surface area contributed by atoms with Gasteiger partial charge < -0.3 is 15.4 Å². The molecule has 0 radical (unpaired) electrons. The molecule has 6 nitrogen and oxygen atoms in total. The number of aromatic nitrogens is 1. The van der Waals surface area contributed by atoms with Crippen molar-refractivity contribution < 1.29 is 14.3 Å². The van der Waals surface area contributed by atoms with E-state index in [1.54, 1.807) is 13.2 Å². The number of nitrogens with one attached hydrogen (secondary N) is 2. The van der Waals surface area contributed by atoms with E-state index in [1.807, 2.05) is 45.0 Å². The van der Waals surface area contributed by atoms with E-state index >= 15 is 0 Å². The summed E-state index contributed by atoms with van der Waals surface area (Å²) in [4.78, 5) is 28.5. The Labute approximate surface area is 154 Å². The van der Waals surface area contributed by atoms with Gasteiger partial charge in [-0.1, -0.05) is 12.1 Å². The van der Waals surface area contributed by atoms with E-state index in [2.05, 4.69) is 15.6 Å². The lowest BCUT2D eigenvalue weighted by Gasteiger charge is -2.20. The Morgan fingerprint density at radius 2 is 1.77 bits per heavy atom. The molecule has 1 heterocycles. The van der Waals surface area contributed by atoms with Gasteiger partial charge in [0.1, 0.15) is 5.75 Å². The van der Waals surface area contributed by atoms with Crippen LogP contribution in [0, 0.1) is 0 Å². The van der Waals surface area contributed by atoms with E-state index in [-0.39, 0.29) is 17.4 Å². The van der Waals surface area contributed by atoms with Gasteiger partial charge in [0.2, 0.25) is 0 Å². The molecule has 0 aliphatic heterocycles. The molecule has 6 heteroatoms. The first-order chi connectivity index (χ1) is 12.3. The fourth-order valence-electron chi connectivity index (χ4n) is 2.35. The molecule has 2 aromatic rings. The largest absolute Gasteiger partial charge is 0.497 e. The monoisotopic (exact) mass is 355 g/mol. The molecule has 0 fully saturated rings. The van der Waals surface area contributed by atoms with E-state index in [9.17, 15) is 9.59 Å². The van der Waals surface area contributed by atoms with Crippen LogP contribution in [0.4, 0.5) is 0 Å². The van der Waals surface area contributed by atoms with Gasteiger partial charge in [-0.05, 0) is 51.0 Å². The van der Waals surface area contributed by atoms with Crippen LogP contribution in [0.1, 0.15) is 47.1 Å². The number of amides is 2. The standard InChI is InChI=1S/C20H25N3O3/c1-20(2,3)23-19(25)16-11-15(12-21-13-16)18(24)22-9-8-14-6-5-7-17(10-14)26-4/h5-7,10-13H,8-9H2,1-4H3,(H,22,24)(H,23,25). The van der Waals surface area contributed by atoms with Crippen LogP contribution < -0.4 is 15.4 Å². The Kier molecular flexibility index (Phi) is 6.33. The summed E-state index contributed by atoms with van der Waals surface area (Å²) in [5.41, 5.74) is 1.44. The van der Waals surface area contributed by atoms with Crippen LogP contribution in [-0.2, 0) is 6.42 Å². The number of pyridine rings is 1. The lowest BCUT2D eigenvalue weighted by molar-refractivity contribution is 0.0919. The number of benzene rings is 1. The first-order valence-corrected chi connectivity index (χ1v) is 8.47. The van der Waals surface area contributed by atoms with E-state index in [4.69, 9.17) is 4.74 Å². The van der Waals surface area contributed by atoms with Crippen molar-refractivity contribution in [2.45, 2.75) is 32.7 Å². The maximum absolute atomic E-state index is 12.3. The average molecular weight is 355 g/mol. The zero-order valence-corrected chi connectivity index (χ0v) is 15.6. The molecule has 0 aliphatic carbocycles. The second kappa shape index (κ2) is 8.47. The highest BCUT2D eigenvalue weighted by Gasteiger charge is 2.17. The zero-order valence-electron chi connectivity index (χ0n) is 15.6. The number of carbonyl (C=O) groups is 2. The topological polar surface area (TPSA) is 80.3 Å². The summed E-state index contributed by atoms with van der Waals surface area (Å²) in [5.74, 6) is 0.275. The summed E-state index contributed by atoms with van der Waals surface area (Å²) in [6.07, 6.45) is 3.59. The molecule has 1 aromatic carbocycles. The quantitative estimate of drug-likeness (QED) is 0.835. The van der Waals surface area contributed by atoms with Gasteiger partial charge in [0.25, 0.3) is 11.8 Å². The van der Waals surface area contributed by atoms with Crippen molar-refractivity contribution in [2.24, 2.45) is 0 Å². The number of carbonyl (C=O) groups excluding carboxylic acids is 2. The van der Waals surface area contributed by atoms with E-state index in [0.717, 1.165) is 11.3 Å². The number of rotatable bonds is 6. The summed E-state index contributed by atoms with van der Waals surface area (Å²) >= 11 is 0. The van der Waals surface area contributed by atoms with Gasteiger partial charge in [0.15, 0.2) is 0 Å². The fourth-order valence-corrected chi connectivity index (χ4v) is 2.35. The molecule has 0 atom stereocenters. The summed E-state index contributed by atoms with van der Waals surface area (Å²) < 4.78 is 5.19. The zero-order chi connectivity index (χ0) is 19.2. The number of methoxy groups -OCH3 is 1. The second-order valence-corrected chi connectivity index (χ2v) is 7.02.